The number of halogens is 3. The van der Waals surface area contributed by atoms with Crippen molar-refractivity contribution < 1.29 is 18.3 Å². The molecular formula is C14H15F3N2O. The number of rotatable bonds is 1. The third-order valence-corrected chi connectivity index (χ3v) is 2.85. The second-order valence-corrected chi connectivity index (χ2v) is 5.54. The lowest BCUT2D eigenvalue weighted by Crippen LogP contribution is -2.24. The lowest BCUT2D eigenvalue weighted by atomic mass is 10.0. The summed E-state index contributed by atoms with van der Waals surface area (Å²) in [4.78, 5) is 0. The summed E-state index contributed by atoms with van der Waals surface area (Å²) in [6.07, 6.45) is -3.18. The molecule has 0 amide bonds. The highest BCUT2D eigenvalue weighted by Gasteiger charge is 2.31. The van der Waals surface area contributed by atoms with E-state index in [1.165, 1.54) is 23.0 Å². The van der Waals surface area contributed by atoms with Gasteiger partial charge >= 0.3 is 6.18 Å². The number of aromatic nitrogens is 2. The summed E-state index contributed by atoms with van der Waals surface area (Å²) in [7, 11) is 0. The zero-order valence-electron chi connectivity index (χ0n) is 11.4. The Morgan fingerprint density at radius 3 is 2.35 bits per heavy atom. The van der Waals surface area contributed by atoms with Crippen LogP contribution in [0.3, 0.4) is 0 Å². The van der Waals surface area contributed by atoms with Crippen molar-refractivity contribution in [1.82, 2.24) is 9.78 Å². The molecule has 0 unspecified atom stereocenters. The molecule has 1 aromatic carbocycles. The van der Waals surface area contributed by atoms with Gasteiger partial charge in [-0.2, -0.15) is 18.3 Å². The number of hydrogen-bond donors (Lipinski definition) is 1. The van der Waals surface area contributed by atoms with Gasteiger partial charge in [-0.05, 0) is 32.9 Å². The van der Waals surface area contributed by atoms with E-state index in [2.05, 4.69) is 5.10 Å². The van der Waals surface area contributed by atoms with E-state index in [1.54, 1.807) is 0 Å². The van der Waals surface area contributed by atoms with Crippen LogP contribution in [0.2, 0.25) is 0 Å². The minimum atomic E-state index is -4.42. The first kappa shape index (κ1) is 14.4. The van der Waals surface area contributed by atoms with Gasteiger partial charge < -0.3 is 5.11 Å². The lowest BCUT2D eigenvalue weighted by molar-refractivity contribution is -0.137. The molecule has 20 heavy (non-hydrogen) atoms. The Kier molecular flexibility index (Phi) is 3.28. The van der Waals surface area contributed by atoms with Gasteiger partial charge in [0.25, 0.3) is 0 Å². The number of hydrogen-bond acceptors (Lipinski definition) is 2. The molecule has 0 fully saturated rings. The Hall–Kier alpha value is -1.98. The van der Waals surface area contributed by atoms with Crippen molar-refractivity contribution in [3.63, 3.8) is 0 Å². The van der Waals surface area contributed by atoms with E-state index in [4.69, 9.17) is 0 Å². The Labute approximate surface area is 114 Å². The maximum Gasteiger partial charge on any atom is 0.416 e. The van der Waals surface area contributed by atoms with E-state index >= 15 is 0 Å². The molecule has 1 aromatic heterocycles. The van der Waals surface area contributed by atoms with Crippen LogP contribution in [0, 0.1) is 0 Å². The summed E-state index contributed by atoms with van der Waals surface area (Å²) in [6, 6.07) is 4.85. The highest BCUT2D eigenvalue weighted by atomic mass is 19.4. The van der Waals surface area contributed by atoms with Crippen LogP contribution in [-0.2, 0) is 11.7 Å². The molecule has 1 heterocycles. The molecule has 0 saturated heterocycles. The summed E-state index contributed by atoms with van der Waals surface area (Å²) in [5, 5.41) is 13.9. The van der Waals surface area contributed by atoms with Gasteiger partial charge in [0, 0.05) is 5.56 Å². The Bertz CT molecular complexity index is 624. The van der Waals surface area contributed by atoms with E-state index < -0.39 is 17.3 Å². The molecule has 0 saturated carbocycles. The van der Waals surface area contributed by atoms with Gasteiger partial charge in [-0.25, -0.2) is 0 Å². The van der Waals surface area contributed by atoms with Crippen molar-refractivity contribution in [2.24, 2.45) is 0 Å². The molecule has 2 aromatic rings. The van der Waals surface area contributed by atoms with Crippen LogP contribution in [0.15, 0.2) is 30.5 Å². The fourth-order valence-corrected chi connectivity index (χ4v) is 1.96. The fraction of sp³-hybridized carbons (Fsp3) is 0.357. The van der Waals surface area contributed by atoms with E-state index in [-0.39, 0.29) is 17.0 Å². The van der Waals surface area contributed by atoms with Gasteiger partial charge in [-0.3, -0.25) is 4.68 Å². The maximum absolute atomic E-state index is 12.8. The molecule has 0 bridgehead atoms. The van der Waals surface area contributed by atoms with Gasteiger partial charge in [-0.15, -0.1) is 0 Å². The van der Waals surface area contributed by atoms with Crippen LogP contribution in [-0.4, -0.2) is 14.9 Å². The molecule has 3 nitrogen and oxygen atoms in total. The standard InChI is InChI=1S/C14H15F3N2O/c1-13(2,3)19-12(11(20)8-18-19)9-5-4-6-10(7-9)14(15,16)17/h4-8,20H,1-3H3. The van der Waals surface area contributed by atoms with Crippen molar-refractivity contribution in [1.29, 1.82) is 0 Å². The molecule has 0 atom stereocenters. The third kappa shape index (κ3) is 2.64. The molecule has 108 valence electrons. The monoisotopic (exact) mass is 284 g/mol. The molecule has 0 aliphatic rings. The van der Waals surface area contributed by atoms with Crippen molar-refractivity contribution in [3.8, 4) is 17.0 Å². The van der Waals surface area contributed by atoms with Crippen LogP contribution in [0.1, 0.15) is 26.3 Å². The fourth-order valence-electron chi connectivity index (χ4n) is 1.96. The SMILES string of the molecule is CC(C)(C)n1ncc(O)c1-c1cccc(C(F)(F)F)c1. The third-order valence-electron chi connectivity index (χ3n) is 2.85. The van der Waals surface area contributed by atoms with Crippen LogP contribution in [0.5, 0.6) is 5.75 Å². The summed E-state index contributed by atoms with van der Waals surface area (Å²) in [5.74, 6) is -0.140. The van der Waals surface area contributed by atoms with Gasteiger partial charge in [0.1, 0.15) is 5.69 Å². The normalized spacial score (nSPS) is 12.7. The van der Waals surface area contributed by atoms with Gasteiger partial charge in [0.15, 0.2) is 5.75 Å². The molecule has 0 aliphatic heterocycles. The summed E-state index contributed by atoms with van der Waals surface area (Å²) in [6.45, 7) is 5.57. The number of benzene rings is 1. The molecule has 2 rings (SSSR count). The van der Waals surface area contributed by atoms with E-state index in [1.807, 2.05) is 20.8 Å². The van der Waals surface area contributed by atoms with E-state index in [0.29, 0.717) is 0 Å². The smallest absolute Gasteiger partial charge is 0.416 e. The average Bonchev–Trinajstić information content (AvgIpc) is 2.70. The topological polar surface area (TPSA) is 38.0 Å². The summed E-state index contributed by atoms with van der Waals surface area (Å²) >= 11 is 0. The molecule has 0 spiro atoms. The Morgan fingerprint density at radius 2 is 1.80 bits per heavy atom. The molecular weight excluding hydrogens is 269 g/mol. The summed E-state index contributed by atoms with van der Waals surface area (Å²) in [5.41, 5.74) is -0.644. The van der Waals surface area contributed by atoms with Crippen LogP contribution in [0.25, 0.3) is 11.3 Å². The number of alkyl halides is 3. The van der Waals surface area contributed by atoms with Crippen molar-refractivity contribution >= 4 is 0 Å². The second kappa shape index (κ2) is 4.54. The largest absolute Gasteiger partial charge is 0.504 e. The second-order valence-electron chi connectivity index (χ2n) is 5.54. The zero-order valence-corrected chi connectivity index (χ0v) is 11.4. The van der Waals surface area contributed by atoms with E-state index in [9.17, 15) is 18.3 Å². The zero-order chi connectivity index (χ0) is 15.1. The minimum Gasteiger partial charge on any atom is -0.504 e. The van der Waals surface area contributed by atoms with Crippen LogP contribution < -0.4 is 0 Å². The molecule has 0 radical (unpaired) electrons. The molecule has 0 aliphatic carbocycles. The number of nitrogens with zero attached hydrogens (tertiary/aromatic N) is 2. The van der Waals surface area contributed by atoms with Crippen LogP contribution >= 0.6 is 0 Å². The highest BCUT2D eigenvalue weighted by molar-refractivity contribution is 5.67. The number of aromatic hydroxyl groups is 1. The maximum atomic E-state index is 12.8. The quantitative estimate of drug-likeness (QED) is 0.858. The lowest BCUT2D eigenvalue weighted by Gasteiger charge is -2.22. The minimum absolute atomic E-state index is 0.140. The molecule has 6 heteroatoms. The van der Waals surface area contributed by atoms with Crippen molar-refractivity contribution in [2.75, 3.05) is 0 Å². The first-order valence-corrected chi connectivity index (χ1v) is 6.06. The summed E-state index contributed by atoms with van der Waals surface area (Å²) < 4.78 is 39.8. The van der Waals surface area contributed by atoms with Gasteiger partial charge in [-0.1, -0.05) is 12.1 Å². The highest BCUT2D eigenvalue weighted by Crippen LogP contribution is 2.36. The Balaban J connectivity index is 2.61. The van der Waals surface area contributed by atoms with Crippen LogP contribution in [0.4, 0.5) is 13.2 Å². The predicted octanol–water partition coefficient (Wildman–Crippen LogP) is 4.03. The van der Waals surface area contributed by atoms with Crippen molar-refractivity contribution in [3.05, 3.63) is 36.0 Å². The van der Waals surface area contributed by atoms with Gasteiger partial charge in [0.2, 0.25) is 0 Å². The Morgan fingerprint density at radius 1 is 1.15 bits per heavy atom. The molecule has 1 N–H and O–H groups in total. The first-order valence-electron chi connectivity index (χ1n) is 6.06. The predicted molar refractivity (Wildman–Crippen MR) is 69.3 cm³/mol. The van der Waals surface area contributed by atoms with E-state index in [0.717, 1.165) is 12.1 Å². The van der Waals surface area contributed by atoms with Gasteiger partial charge in [0.05, 0.1) is 17.3 Å². The van der Waals surface area contributed by atoms with Crippen molar-refractivity contribution in [2.45, 2.75) is 32.5 Å². The average molecular weight is 284 g/mol. The first-order chi connectivity index (χ1) is 9.10.